The van der Waals surface area contributed by atoms with E-state index in [9.17, 15) is 4.79 Å². The number of urea groups is 1. The minimum atomic E-state index is -0.146. The summed E-state index contributed by atoms with van der Waals surface area (Å²) in [6.45, 7) is 2.79. The summed E-state index contributed by atoms with van der Waals surface area (Å²) >= 11 is 0. The SMILES string of the molecule is COc1cc(NC(=O)N(CCN(C)C)C[C@H]2CCCO2)c2ncccc2c1. The Morgan fingerprint density at radius 2 is 2.22 bits per heavy atom. The number of aromatic nitrogens is 1. The third kappa shape index (κ3) is 5.08. The first kappa shape index (κ1) is 19.4. The minimum Gasteiger partial charge on any atom is -0.497 e. The van der Waals surface area contributed by atoms with Crippen molar-refractivity contribution < 1.29 is 14.3 Å². The van der Waals surface area contributed by atoms with Crippen LogP contribution in [-0.4, -0.2) is 74.4 Å². The molecule has 1 aliphatic rings. The van der Waals surface area contributed by atoms with Gasteiger partial charge < -0.3 is 24.6 Å². The number of anilines is 1. The number of carbonyl (C=O) groups excluding carboxylic acids is 1. The van der Waals surface area contributed by atoms with Crippen LogP contribution < -0.4 is 10.1 Å². The van der Waals surface area contributed by atoms with E-state index in [4.69, 9.17) is 9.47 Å². The highest BCUT2D eigenvalue weighted by Gasteiger charge is 2.23. The standard InChI is InChI=1S/C20H28N4O3/c1-23(2)9-10-24(14-16-7-5-11-27-16)20(25)22-18-13-17(26-3)12-15-6-4-8-21-19(15)18/h4,6,8,12-13,16H,5,7,9-11,14H2,1-3H3,(H,22,25)/t16-/m1/s1. The van der Waals surface area contributed by atoms with Crippen molar-refractivity contribution in [2.24, 2.45) is 0 Å². The molecule has 1 atom stereocenters. The van der Waals surface area contributed by atoms with Crippen LogP contribution in [0.25, 0.3) is 10.9 Å². The first-order valence-electron chi connectivity index (χ1n) is 9.32. The molecule has 0 spiro atoms. The molecule has 7 nitrogen and oxygen atoms in total. The number of fused-ring (bicyclic) bond motifs is 1. The summed E-state index contributed by atoms with van der Waals surface area (Å²) in [5, 5.41) is 3.95. The Balaban J connectivity index is 1.80. The van der Waals surface area contributed by atoms with Gasteiger partial charge in [0.1, 0.15) is 5.75 Å². The van der Waals surface area contributed by atoms with Crippen LogP contribution in [0.2, 0.25) is 0 Å². The first-order chi connectivity index (χ1) is 13.1. The molecule has 0 unspecified atom stereocenters. The summed E-state index contributed by atoms with van der Waals surface area (Å²) in [4.78, 5) is 21.3. The lowest BCUT2D eigenvalue weighted by Gasteiger charge is -2.27. The zero-order valence-corrected chi connectivity index (χ0v) is 16.3. The molecule has 0 bridgehead atoms. The van der Waals surface area contributed by atoms with E-state index in [0.717, 1.165) is 36.9 Å². The first-order valence-corrected chi connectivity index (χ1v) is 9.32. The van der Waals surface area contributed by atoms with Crippen molar-refractivity contribution in [3.63, 3.8) is 0 Å². The highest BCUT2D eigenvalue weighted by atomic mass is 16.5. The van der Waals surface area contributed by atoms with Crippen molar-refractivity contribution in [1.29, 1.82) is 0 Å². The second-order valence-electron chi connectivity index (χ2n) is 7.06. The summed E-state index contributed by atoms with van der Waals surface area (Å²) < 4.78 is 11.1. The average molecular weight is 372 g/mol. The number of nitrogens with zero attached hydrogens (tertiary/aromatic N) is 3. The maximum absolute atomic E-state index is 13.0. The number of pyridine rings is 1. The molecule has 1 aliphatic heterocycles. The van der Waals surface area contributed by atoms with Gasteiger partial charge in [-0.3, -0.25) is 4.98 Å². The molecule has 27 heavy (non-hydrogen) atoms. The molecule has 1 fully saturated rings. The molecule has 1 saturated heterocycles. The van der Waals surface area contributed by atoms with Gasteiger partial charge in [0.15, 0.2) is 0 Å². The van der Waals surface area contributed by atoms with E-state index in [2.05, 4.69) is 15.2 Å². The molecule has 7 heteroatoms. The van der Waals surface area contributed by atoms with E-state index in [-0.39, 0.29) is 12.1 Å². The van der Waals surface area contributed by atoms with E-state index < -0.39 is 0 Å². The second kappa shape index (κ2) is 9.01. The minimum absolute atomic E-state index is 0.109. The predicted octanol–water partition coefficient (Wildman–Crippen LogP) is 2.82. The maximum atomic E-state index is 13.0. The van der Waals surface area contributed by atoms with Crippen LogP contribution in [0.5, 0.6) is 5.75 Å². The highest BCUT2D eigenvalue weighted by molar-refractivity contribution is 6.00. The Morgan fingerprint density at radius 1 is 1.37 bits per heavy atom. The predicted molar refractivity (Wildman–Crippen MR) is 106 cm³/mol. The number of ether oxygens (including phenoxy) is 2. The van der Waals surface area contributed by atoms with Crippen LogP contribution >= 0.6 is 0 Å². The quantitative estimate of drug-likeness (QED) is 0.810. The summed E-state index contributed by atoms with van der Waals surface area (Å²) in [6.07, 6.45) is 3.88. The number of benzene rings is 1. The Kier molecular flexibility index (Phi) is 6.47. The Hall–Kier alpha value is -2.38. The Labute approximate surface area is 160 Å². The van der Waals surface area contributed by atoms with Crippen molar-refractivity contribution in [3.8, 4) is 5.75 Å². The van der Waals surface area contributed by atoms with Gasteiger partial charge in [-0.15, -0.1) is 0 Å². The van der Waals surface area contributed by atoms with Crippen molar-refractivity contribution >= 4 is 22.6 Å². The molecule has 0 saturated carbocycles. The third-order valence-electron chi connectivity index (χ3n) is 4.71. The molecular weight excluding hydrogens is 344 g/mol. The van der Waals surface area contributed by atoms with E-state index in [1.165, 1.54) is 0 Å². The summed E-state index contributed by atoms with van der Waals surface area (Å²) in [7, 11) is 5.62. The summed E-state index contributed by atoms with van der Waals surface area (Å²) in [5.41, 5.74) is 1.40. The topological polar surface area (TPSA) is 66.9 Å². The normalized spacial score (nSPS) is 16.7. The number of likely N-dealkylation sites (N-methyl/N-ethyl adjacent to an activating group) is 1. The van der Waals surface area contributed by atoms with Gasteiger partial charge >= 0.3 is 6.03 Å². The molecule has 0 radical (unpaired) electrons. The van der Waals surface area contributed by atoms with E-state index in [0.29, 0.717) is 24.5 Å². The number of methoxy groups -OCH3 is 1. The van der Waals surface area contributed by atoms with Crippen molar-refractivity contribution in [1.82, 2.24) is 14.8 Å². The summed E-state index contributed by atoms with van der Waals surface area (Å²) in [6, 6.07) is 7.40. The van der Waals surface area contributed by atoms with Crippen LogP contribution in [-0.2, 0) is 4.74 Å². The molecule has 2 aromatic rings. The Morgan fingerprint density at radius 3 is 2.93 bits per heavy atom. The molecule has 2 amide bonds. The van der Waals surface area contributed by atoms with Gasteiger partial charge in [0.2, 0.25) is 0 Å². The molecule has 0 aliphatic carbocycles. The smallest absolute Gasteiger partial charge is 0.322 e. The molecule has 1 aromatic carbocycles. The van der Waals surface area contributed by atoms with Crippen LogP contribution in [0.4, 0.5) is 10.5 Å². The fourth-order valence-corrected chi connectivity index (χ4v) is 3.20. The fourth-order valence-electron chi connectivity index (χ4n) is 3.20. The van der Waals surface area contributed by atoms with Gasteiger partial charge in [0.05, 0.1) is 24.4 Å². The lowest BCUT2D eigenvalue weighted by molar-refractivity contribution is 0.0820. The van der Waals surface area contributed by atoms with Crippen LogP contribution in [0.3, 0.4) is 0 Å². The lowest BCUT2D eigenvalue weighted by Crippen LogP contribution is -2.43. The zero-order valence-electron chi connectivity index (χ0n) is 16.3. The van der Waals surface area contributed by atoms with E-state index >= 15 is 0 Å². The van der Waals surface area contributed by atoms with Crippen molar-refractivity contribution in [2.45, 2.75) is 18.9 Å². The molecule has 2 heterocycles. The van der Waals surface area contributed by atoms with Crippen molar-refractivity contribution in [3.05, 3.63) is 30.5 Å². The van der Waals surface area contributed by atoms with Gasteiger partial charge in [-0.25, -0.2) is 4.79 Å². The number of hydrogen-bond acceptors (Lipinski definition) is 5. The molecule has 1 aromatic heterocycles. The third-order valence-corrected chi connectivity index (χ3v) is 4.71. The van der Waals surface area contributed by atoms with Gasteiger partial charge in [0.25, 0.3) is 0 Å². The zero-order chi connectivity index (χ0) is 19.2. The average Bonchev–Trinajstić information content (AvgIpc) is 3.17. The van der Waals surface area contributed by atoms with Crippen LogP contribution in [0.15, 0.2) is 30.5 Å². The largest absolute Gasteiger partial charge is 0.497 e. The number of rotatable bonds is 7. The van der Waals surface area contributed by atoms with Crippen molar-refractivity contribution in [2.75, 3.05) is 52.8 Å². The molecule has 146 valence electrons. The van der Waals surface area contributed by atoms with Gasteiger partial charge in [-0.05, 0) is 39.1 Å². The molecule has 1 N–H and O–H groups in total. The number of hydrogen-bond donors (Lipinski definition) is 1. The maximum Gasteiger partial charge on any atom is 0.322 e. The number of carbonyl (C=O) groups is 1. The van der Waals surface area contributed by atoms with Crippen LogP contribution in [0.1, 0.15) is 12.8 Å². The Bertz CT molecular complexity index is 775. The number of amides is 2. The summed E-state index contributed by atoms with van der Waals surface area (Å²) in [5.74, 6) is 0.685. The van der Waals surface area contributed by atoms with Gasteiger partial charge in [0, 0.05) is 43.9 Å². The lowest BCUT2D eigenvalue weighted by atomic mass is 10.2. The number of nitrogens with one attached hydrogen (secondary N) is 1. The monoisotopic (exact) mass is 372 g/mol. The fraction of sp³-hybridized carbons (Fsp3) is 0.500. The molecular formula is C20H28N4O3. The van der Waals surface area contributed by atoms with E-state index in [1.54, 1.807) is 13.3 Å². The highest BCUT2D eigenvalue weighted by Crippen LogP contribution is 2.28. The van der Waals surface area contributed by atoms with E-state index in [1.807, 2.05) is 43.3 Å². The van der Waals surface area contributed by atoms with Gasteiger partial charge in [-0.1, -0.05) is 6.07 Å². The van der Waals surface area contributed by atoms with Gasteiger partial charge in [-0.2, -0.15) is 0 Å². The van der Waals surface area contributed by atoms with Crippen LogP contribution in [0, 0.1) is 0 Å². The second-order valence-corrected chi connectivity index (χ2v) is 7.06. The molecule has 3 rings (SSSR count).